The minimum absolute atomic E-state index is 0.377. The topological polar surface area (TPSA) is 52.6 Å². The molecule has 0 saturated heterocycles. The van der Waals surface area contributed by atoms with E-state index in [1.54, 1.807) is 13.8 Å². The first-order chi connectivity index (χ1) is 13.1. The van der Waals surface area contributed by atoms with Crippen molar-refractivity contribution in [3.05, 3.63) is 59.7 Å². The zero-order valence-electron chi connectivity index (χ0n) is 16.4. The molecule has 2 atom stereocenters. The molecule has 0 N–H and O–H groups in total. The second kappa shape index (κ2) is 8.97. The Kier molecular flexibility index (Phi) is 7.13. The molecule has 0 radical (unpaired) electrons. The van der Waals surface area contributed by atoms with Crippen molar-refractivity contribution in [2.45, 2.75) is 36.4 Å². The maximum atomic E-state index is 11.7. The first kappa shape index (κ1) is 22.3. The van der Waals surface area contributed by atoms with E-state index in [0.717, 1.165) is 22.3 Å². The molecular formula is C22H24Cl2O4. The fraction of sp³-hybridized carbons (Fsp3) is 0.364. The maximum absolute atomic E-state index is 11.7. The fourth-order valence-electron chi connectivity index (χ4n) is 2.97. The van der Waals surface area contributed by atoms with Gasteiger partial charge in [-0.25, -0.2) is 0 Å². The standard InChI is InChI=1S/C22H24Cl2O4/c1-21(23,19(25)27-3)13-15-5-9-17(10-6-15)18-11-7-16(8-12-18)14-22(2,24)20(26)28-4/h5-12H,13-14H2,1-4H3. The zero-order chi connectivity index (χ0) is 20.9. The minimum Gasteiger partial charge on any atom is -0.468 e. The molecule has 0 aliphatic heterocycles. The molecule has 28 heavy (non-hydrogen) atoms. The van der Waals surface area contributed by atoms with Crippen molar-refractivity contribution in [3.8, 4) is 11.1 Å². The number of alkyl halides is 2. The lowest BCUT2D eigenvalue weighted by molar-refractivity contribution is -0.144. The Labute approximate surface area is 175 Å². The lowest BCUT2D eigenvalue weighted by Gasteiger charge is -2.19. The summed E-state index contributed by atoms with van der Waals surface area (Å²) in [5.74, 6) is -0.904. The highest BCUT2D eigenvalue weighted by molar-refractivity contribution is 6.34. The zero-order valence-corrected chi connectivity index (χ0v) is 17.9. The third-order valence-corrected chi connectivity index (χ3v) is 5.11. The molecule has 2 aromatic rings. The predicted octanol–water partition coefficient (Wildman–Crippen LogP) is 4.78. The number of carbonyl (C=O) groups excluding carboxylic acids is 2. The van der Waals surface area contributed by atoms with Crippen LogP contribution in [0.1, 0.15) is 25.0 Å². The molecule has 0 aliphatic rings. The average molecular weight is 423 g/mol. The van der Waals surface area contributed by atoms with Gasteiger partial charge in [-0.1, -0.05) is 48.5 Å². The number of ether oxygens (including phenoxy) is 2. The molecule has 0 aromatic heterocycles. The van der Waals surface area contributed by atoms with Gasteiger partial charge in [0.1, 0.15) is 9.75 Å². The lowest BCUT2D eigenvalue weighted by Crippen LogP contribution is -2.32. The van der Waals surface area contributed by atoms with Gasteiger partial charge in [-0.05, 0) is 36.1 Å². The van der Waals surface area contributed by atoms with E-state index in [1.165, 1.54) is 14.2 Å². The number of benzene rings is 2. The van der Waals surface area contributed by atoms with Crippen molar-refractivity contribution in [2.75, 3.05) is 14.2 Å². The van der Waals surface area contributed by atoms with Gasteiger partial charge in [0.15, 0.2) is 0 Å². The summed E-state index contributed by atoms with van der Waals surface area (Å²) in [6, 6.07) is 15.7. The fourth-order valence-corrected chi connectivity index (χ4v) is 3.43. The highest BCUT2D eigenvalue weighted by Crippen LogP contribution is 2.27. The molecule has 0 fully saturated rings. The number of carbonyl (C=O) groups is 2. The summed E-state index contributed by atoms with van der Waals surface area (Å²) in [7, 11) is 2.65. The molecule has 0 aliphatic carbocycles. The number of rotatable bonds is 7. The predicted molar refractivity (Wildman–Crippen MR) is 112 cm³/mol. The van der Waals surface area contributed by atoms with Crippen molar-refractivity contribution >= 4 is 35.1 Å². The van der Waals surface area contributed by atoms with Crippen LogP contribution in [0, 0.1) is 0 Å². The van der Waals surface area contributed by atoms with E-state index in [1.807, 2.05) is 48.5 Å². The first-order valence-corrected chi connectivity index (χ1v) is 9.57. The maximum Gasteiger partial charge on any atom is 0.326 e. The van der Waals surface area contributed by atoms with E-state index in [-0.39, 0.29) is 0 Å². The molecule has 0 bridgehead atoms. The largest absolute Gasteiger partial charge is 0.468 e. The van der Waals surface area contributed by atoms with Crippen LogP contribution < -0.4 is 0 Å². The van der Waals surface area contributed by atoms with Crippen LogP contribution >= 0.6 is 23.2 Å². The summed E-state index contributed by atoms with van der Waals surface area (Å²) in [5.41, 5.74) is 3.95. The second-order valence-electron chi connectivity index (χ2n) is 7.13. The van der Waals surface area contributed by atoms with E-state index < -0.39 is 21.7 Å². The lowest BCUT2D eigenvalue weighted by atomic mass is 9.95. The van der Waals surface area contributed by atoms with Crippen LogP contribution in [0.3, 0.4) is 0 Å². The Bertz CT molecular complexity index is 753. The molecule has 2 aromatic carbocycles. The summed E-state index contributed by atoms with van der Waals surface area (Å²) in [4.78, 5) is 21.3. The van der Waals surface area contributed by atoms with Crippen LogP contribution in [0.2, 0.25) is 0 Å². The van der Waals surface area contributed by atoms with Gasteiger partial charge in [0, 0.05) is 12.8 Å². The summed E-state index contributed by atoms with van der Waals surface area (Å²) >= 11 is 12.5. The molecular weight excluding hydrogens is 399 g/mol. The number of halogens is 2. The molecule has 2 rings (SSSR count). The van der Waals surface area contributed by atoms with E-state index in [4.69, 9.17) is 32.7 Å². The van der Waals surface area contributed by atoms with Crippen LogP contribution in [0.25, 0.3) is 11.1 Å². The van der Waals surface area contributed by atoms with Crippen molar-refractivity contribution in [1.29, 1.82) is 0 Å². The third kappa shape index (κ3) is 5.49. The molecule has 4 nitrogen and oxygen atoms in total. The normalized spacial score (nSPS) is 15.2. The quantitative estimate of drug-likeness (QED) is 0.475. The monoisotopic (exact) mass is 422 g/mol. The second-order valence-corrected chi connectivity index (χ2v) is 8.79. The highest BCUT2D eigenvalue weighted by atomic mass is 35.5. The summed E-state index contributed by atoms with van der Waals surface area (Å²) in [6.07, 6.45) is 0.755. The van der Waals surface area contributed by atoms with Crippen LogP contribution in [0.4, 0.5) is 0 Å². The van der Waals surface area contributed by atoms with Gasteiger partial charge in [-0.2, -0.15) is 0 Å². The molecule has 0 spiro atoms. The molecule has 0 heterocycles. The van der Waals surface area contributed by atoms with Gasteiger partial charge in [0.2, 0.25) is 0 Å². The van der Waals surface area contributed by atoms with Crippen LogP contribution in [-0.2, 0) is 31.9 Å². The van der Waals surface area contributed by atoms with Crippen molar-refractivity contribution < 1.29 is 19.1 Å². The third-order valence-electron chi connectivity index (χ3n) is 4.54. The van der Waals surface area contributed by atoms with Crippen molar-refractivity contribution in [3.63, 3.8) is 0 Å². The molecule has 0 saturated carbocycles. The van der Waals surface area contributed by atoms with Crippen molar-refractivity contribution in [1.82, 2.24) is 0 Å². The molecule has 6 heteroatoms. The van der Waals surface area contributed by atoms with Crippen LogP contribution in [0.5, 0.6) is 0 Å². The molecule has 150 valence electrons. The smallest absolute Gasteiger partial charge is 0.326 e. The Balaban J connectivity index is 2.10. The average Bonchev–Trinajstić information content (AvgIpc) is 2.67. The highest BCUT2D eigenvalue weighted by Gasteiger charge is 2.32. The Morgan fingerprint density at radius 2 is 1.00 bits per heavy atom. The number of hydrogen-bond donors (Lipinski definition) is 0. The van der Waals surface area contributed by atoms with Gasteiger partial charge < -0.3 is 9.47 Å². The van der Waals surface area contributed by atoms with Gasteiger partial charge in [-0.15, -0.1) is 23.2 Å². The van der Waals surface area contributed by atoms with Gasteiger partial charge in [-0.3, -0.25) is 9.59 Å². The van der Waals surface area contributed by atoms with Crippen molar-refractivity contribution in [2.24, 2.45) is 0 Å². The first-order valence-electron chi connectivity index (χ1n) is 8.82. The Morgan fingerprint density at radius 3 is 1.25 bits per heavy atom. The number of hydrogen-bond acceptors (Lipinski definition) is 4. The Morgan fingerprint density at radius 1 is 0.714 bits per heavy atom. The van der Waals surface area contributed by atoms with Gasteiger partial charge >= 0.3 is 11.9 Å². The van der Waals surface area contributed by atoms with Gasteiger partial charge in [0.05, 0.1) is 14.2 Å². The molecule has 0 amide bonds. The SMILES string of the molecule is COC(=O)C(C)(Cl)Cc1ccc(-c2ccc(CC(C)(Cl)C(=O)OC)cc2)cc1. The summed E-state index contributed by atoms with van der Waals surface area (Å²) in [5, 5.41) is 0. The summed E-state index contributed by atoms with van der Waals surface area (Å²) < 4.78 is 9.48. The van der Waals surface area contributed by atoms with E-state index in [2.05, 4.69) is 0 Å². The van der Waals surface area contributed by atoms with Crippen LogP contribution in [-0.4, -0.2) is 35.9 Å². The summed E-state index contributed by atoms with van der Waals surface area (Å²) in [6.45, 7) is 3.29. The minimum atomic E-state index is -1.09. The van der Waals surface area contributed by atoms with Crippen LogP contribution in [0.15, 0.2) is 48.5 Å². The van der Waals surface area contributed by atoms with E-state index >= 15 is 0 Å². The number of esters is 2. The van der Waals surface area contributed by atoms with Gasteiger partial charge in [0.25, 0.3) is 0 Å². The van der Waals surface area contributed by atoms with E-state index in [9.17, 15) is 9.59 Å². The molecule has 2 unspecified atom stereocenters. The number of methoxy groups -OCH3 is 2. The Hall–Kier alpha value is -2.04. The van der Waals surface area contributed by atoms with E-state index in [0.29, 0.717) is 12.8 Å².